The van der Waals surface area contributed by atoms with Gasteiger partial charge in [0.2, 0.25) is 5.88 Å². The van der Waals surface area contributed by atoms with E-state index in [1.165, 1.54) is 22.0 Å². The maximum Gasteiger partial charge on any atom is 0.230 e. The van der Waals surface area contributed by atoms with Crippen molar-refractivity contribution < 1.29 is 4.74 Å². The molecule has 0 aliphatic carbocycles. The van der Waals surface area contributed by atoms with Gasteiger partial charge in [0.15, 0.2) is 6.61 Å². The van der Waals surface area contributed by atoms with Gasteiger partial charge in [-0.15, -0.1) is 6.42 Å². The monoisotopic (exact) mass is 208 g/mol. The van der Waals surface area contributed by atoms with E-state index in [0.29, 0.717) is 18.4 Å². The number of hydrogen-bond donors (Lipinski definition) is 1. The third kappa shape index (κ3) is 1.61. The van der Waals surface area contributed by atoms with Gasteiger partial charge >= 0.3 is 0 Å². The number of nitrogens with one attached hydrogen (secondary N) is 1. The Morgan fingerprint density at radius 3 is 3.43 bits per heavy atom. The molecule has 0 spiro atoms. The second-order valence-corrected chi connectivity index (χ2v) is 4.16. The van der Waals surface area contributed by atoms with Gasteiger partial charge in [-0.2, -0.15) is 4.37 Å². The highest BCUT2D eigenvalue weighted by atomic mass is 32.1. The molecule has 1 N–H and O–H groups in total. The zero-order valence-electron chi connectivity index (χ0n) is 8.04. The van der Waals surface area contributed by atoms with Crippen molar-refractivity contribution in [1.82, 2.24) is 9.69 Å². The average Bonchev–Trinajstić information content (AvgIpc) is 2.60. The summed E-state index contributed by atoms with van der Waals surface area (Å²) in [6.45, 7) is 4.35. The van der Waals surface area contributed by atoms with Crippen LogP contribution in [-0.2, 0) is 6.54 Å². The van der Waals surface area contributed by atoms with Crippen LogP contribution in [0.25, 0.3) is 0 Å². The topological polar surface area (TPSA) is 34.1 Å². The number of nitrogens with zero attached hydrogens (tertiary/aromatic N) is 1. The summed E-state index contributed by atoms with van der Waals surface area (Å²) in [6.07, 6.45) is 5.13. The Bertz CT molecular complexity index is 367. The summed E-state index contributed by atoms with van der Waals surface area (Å²) in [7, 11) is 0. The molecule has 1 aromatic heterocycles. The van der Waals surface area contributed by atoms with Crippen molar-refractivity contribution in [3.63, 3.8) is 0 Å². The van der Waals surface area contributed by atoms with E-state index in [9.17, 15) is 0 Å². The number of hydrogen-bond acceptors (Lipinski definition) is 4. The van der Waals surface area contributed by atoms with Gasteiger partial charge in [-0.05, 0) is 11.5 Å². The van der Waals surface area contributed by atoms with Crippen LogP contribution in [0.3, 0.4) is 0 Å². The predicted molar refractivity (Wildman–Crippen MR) is 56.6 cm³/mol. The third-order valence-electron chi connectivity index (χ3n) is 2.27. The first-order chi connectivity index (χ1) is 6.83. The summed E-state index contributed by atoms with van der Waals surface area (Å²) >= 11 is 1.53. The molecule has 0 fully saturated rings. The minimum absolute atomic E-state index is 0.296. The molecule has 14 heavy (non-hydrogen) atoms. The van der Waals surface area contributed by atoms with Crippen molar-refractivity contribution in [1.29, 1.82) is 0 Å². The summed E-state index contributed by atoms with van der Waals surface area (Å²) < 4.78 is 9.63. The van der Waals surface area contributed by atoms with E-state index < -0.39 is 0 Å². The van der Waals surface area contributed by atoms with Crippen LogP contribution in [0.5, 0.6) is 5.88 Å². The van der Waals surface area contributed by atoms with E-state index in [0.717, 1.165) is 13.1 Å². The van der Waals surface area contributed by atoms with Crippen LogP contribution in [0.15, 0.2) is 0 Å². The molecule has 4 heteroatoms. The molecule has 2 rings (SSSR count). The second-order valence-electron chi connectivity index (χ2n) is 3.36. The van der Waals surface area contributed by atoms with E-state index in [1.807, 2.05) is 0 Å². The Balaban J connectivity index is 2.23. The molecule has 0 saturated heterocycles. The van der Waals surface area contributed by atoms with Gasteiger partial charge in [-0.25, -0.2) is 0 Å². The molecule has 1 aliphatic rings. The summed E-state index contributed by atoms with van der Waals surface area (Å²) in [6, 6.07) is 0. The van der Waals surface area contributed by atoms with Crippen LogP contribution in [-0.4, -0.2) is 17.5 Å². The fourth-order valence-electron chi connectivity index (χ4n) is 1.59. The Kier molecular flexibility index (Phi) is 2.71. The molecule has 0 aromatic carbocycles. The van der Waals surface area contributed by atoms with E-state index in [4.69, 9.17) is 11.2 Å². The van der Waals surface area contributed by atoms with Gasteiger partial charge in [0.25, 0.3) is 0 Å². The Morgan fingerprint density at radius 2 is 2.64 bits per heavy atom. The molecule has 0 bridgehead atoms. The molecule has 0 saturated carbocycles. The number of aromatic nitrogens is 1. The molecule has 0 unspecified atom stereocenters. The van der Waals surface area contributed by atoms with Crippen LogP contribution in [0.1, 0.15) is 23.3 Å². The summed E-state index contributed by atoms with van der Waals surface area (Å²) in [4.78, 5) is 1.33. The zero-order chi connectivity index (χ0) is 9.97. The van der Waals surface area contributed by atoms with Crippen LogP contribution in [0, 0.1) is 12.3 Å². The van der Waals surface area contributed by atoms with Gasteiger partial charge in [0.05, 0.1) is 0 Å². The van der Waals surface area contributed by atoms with Gasteiger partial charge in [-0.3, -0.25) is 0 Å². The highest BCUT2D eigenvalue weighted by Crippen LogP contribution is 2.33. The summed E-state index contributed by atoms with van der Waals surface area (Å²) in [5.41, 5.74) is 1.18. The molecule has 0 amide bonds. The van der Waals surface area contributed by atoms with Crippen LogP contribution < -0.4 is 10.1 Å². The Morgan fingerprint density at radius 1 is 1.79 bits per heavy atom. The normalized spacial score (nSPS) is 19.9. The largest absolute Gasteiger partial charge is 0.464 e. The molecule has 1 aromatic rings. The highest BCUT2D eigenvalue weighted by Gasteiger charge is 2.23. The van der Waals surface area contributed by atoms with Gasteiger partial charge in [0, 0.05) is 29.4 Å². The van der Waals surface area contributed by atoms with Crippen molar-refractivity contribution in [2.75, 3.05) is 13.2 Å². The van der Waals surface area contributed by atoms with E-state index in [2.05, 4.69) is 22.5 Å². The number of terminal acetylenes is 1. The number of rotatable bonds is 2. The Labute approximate surface area is 87.6 Å². The fraction of sp³-hybridized carbons (Fsp3) is 0.500. The van der Waals surface area contributed by atoms with E-state index >= 15 is 0 Å². The highest BCUT2D eigenvalue weighted by molar-refractivity contribution is 7.06. The first kappa shape index (κ1) is 9.50. The molecule has 2 heterocycles. The zero-order valence-corrected chi connectivity index (χ0v) is 8.86. The lowest BCUT2D eigenvalue weighted by Crippen LogP contribution is -2.25. The van der Waals surface area contributed by atoms with Gasteiger partial charge < -0.3 is 10.1 Å². The maximum absolute atomic E-state index is 5.37. The lowest BCUT2D eigenvalue weighted by Gasteiger charge is -2.18. The van der Waals surface area contributed by atoms with Crippen molar-refractivity contribution >= 4 is 11.5 Å². The van der Waals surface area contributed by atoms with Crippen molar-refractivity contribution in [3.05, 3.63) is 10.4 Å². The van der Waals surface area contributed by atoms with Gasteiger partial charge in [-0.1, -0.05) is 12.8 Å². The van der Waals surface area contributed by atoms with Crippen molar-refractivity contribution in [2.45, 2.75) is 19.4 Å². The quantitative estimate of drug-likeness (QED) is 0.745. The molecule has 0 radical (unpaired) electrons. The van der Waals surface area contributed by atoms with E-state index in [1.54, 1.807) is 0 Å². The lowest BCUT2D eigenvalue weighted by molar-refractivity contribution is 0.352. The maximum atomic E-state index is 5.37. The standard InChI is InChI=1S/C10H12N2OS/c1-3-4-13-10-8-6-11-5-7(2)9(8)14-12-10/h1,7,11H,4-6H2,2H3/t7-/m1/s1. The predicted octanol–water partition coefficient (Wildman–Crippen LogP) is 1.36. The van der Waals surface area contributed by atoms with Gasteiger partial charge in [0.1, 0.15) is 0 Å². The molecule has 3 nitrogen and oxygen atoms in total. The molecule has 74 valence electrons. The fourth-order valence-corrected chi connectivity index (χ4v) is 2.46. The van der Waals surface area contributed by atoms with Crippen molar-refractivity contribution in [2.24, 2.45) is 0 Å². The lowest BCUT2D eigenvalue weighted by atomic mass is 10.0. The second kappa shape index (κ2) is 3.99. The number of fused-ring (bicyclic) bond motifs is 1. The Hall–Kier alpha value is -1.05. The van der Waals surface area contributed by atoms with Crippen molar-refractivity contribution in [3.8, 4) is 18.2 Å². The first-order valence-corrected chi connectivity index (χ1v) is 5.35. The minimum atomic E-state index is 0.296. The smallest absolute Gasteiger partial charge is 0.230 e. The van der Waals surface area contributed by atoms with Crippen LogP contribution >= 0.6 is 11.5 Å². The molecular formula is C10H12N2OS. The van der Waals surface area contributed by atoms with Crippen LogP contribution in [0.2, 0.25) is 0 Å². The summed E-state index contributed by atoms with van der Waals surface area (Å²) in [5.74, 6) is 3.68. The minimum Gasteiger partial charge on any atom is -0.464 e. The molecule has 1 atom stereocenters. The summed E-state index contributed by atoms with van der Waals surface area (Å²) in [5, 5.41) is 3.33. The molecule has 1 aliphatic heterocycles. The third-order valence-corrected chi connectivity index (χ3v) is 3.38. The SMILES string of the molecule is C#CCOc1nsc2c1CNC[C@H]2C. The molecular weight excluding hydrogens is 196 g/mol. The number of ether oxygens (including phenoxy) is 1. The van der Waals surface area contributed by atoms with E-state index in [-0.39, 0.29) is 0 Å². The van der Waals surface area contributed by atoms with Crippen LogP contribution in [0.4, 0.5) is 0 Å². The first-order valence-electron chi connectivity index (χ1n) is 4.58. The average molecular weight is 208 g/mol.